The van der Waals surface area contributed by atoms with Crippen molar-refractivity contribution in [3.63, 3.8) is 0 Å². The van der Waals surface area contributed by atoms with E-state index in [0.717, 1.165) is 0 Å². The molecule has 1 rings (SSSR count). The van der Waals surface area contributed by atoms with Gasteiger partial charge < -0.3 is 10.4 Å². The van der Waals surface area contributed by atoms with Gasteiger partial charge in [-0.1, -0.05) is 18.7 Å². The maximum absolute atomic E-state index is 10.9. The number of hydrogen-bond donors (Lipinski definition) is 2. The highest BCUT2D eigenvalue weighted by Gasteiger charge is 2.22. The third-order valence-corrected chi connectivity index (χ3v) is 3.33. The third kappa shape index (κ3) is 3.53. The van der Waals surface area contributed by atoms with Crippen LogP contribution in [0.1, 0.15) is 6.92 Å². The molecule has 0 spiro atoms. The summed E-state index contributed by atoms with van der Waals surface area (Å²) in [5.74, 6) is 0.828. The van der Waals surface area contributed by atoms with E-state index in [1.165, 1.54) is 18.1 Å². The quantitative estimate of drug-likeness (QED) is 0.341. The van der Waals surface area contributed by atoms with Crippen molar-refractivity contribution in [3.05, 3.63) is 16.4 Å². The van der Waals surface area contributed by atoms with Crippen LogP contribution in [0.3, 0.4) is 0 Å². The summed E-state index contributed by atoms with van der Waals surface area (Å²) in [6, 6.07) is 0. The average molecular weight is 258 g/mol. The molecule has 0 aliphatic carbocycles. The Morgan fingerprint density at radius 3 is 2.88 bits per heavy atom. The van der Waals surface area contributed by atoms with Crippen molar-refractivity contribution in [3.8, 4) is 0 Å². The van der Waals surface area contributed by atoms with E-state index in [2.05, 4.69) is 15.3 Å². The third-order valence-electron chi connectivity index (χ3n) is 2.02. The lowest BCUT2D eigenvalue weighted by Gasteiger charge is -2.08. The fourth-order valence-electron chi connectivity index (χ4n) is 1.09. The van der Waals surface area contributed by atoms with Gasteiger partial charge in [0, 0.05) is 19.4 Å². The Morgan fingerprint density at radius 1 is 1.65 bits per heavy atom. The molecule has 0 radical (unpaired) electrons. The van der Waals surface area contributed by atoms with Crippen molar-refractivity contribution >= 4 is 23.3 Å². The molecule has 0 amide bonds. The smallest absolute Gasteiger partial charge is 0.343 e. The van der Waals surface area contributed by atoms with Crippen LogP contribution in [-0.2, 0) is 0 Å². The molecule has 0 aliphatic heterocycles. The molecule has 7 nitrogen and oxygen atoms in total. The van der Waals surface area contributed by atoms with Gasteiger partial charge in [0.05, 0.1) is 4.92 Å². The highest BCUT2D eigenvalue weighted by molar-refractivity contribution is 7.99. The molecule has 94 valence electrons. The van der Waals surface area contributed by atoms with Gasteiger partial charge in [0.25, 0.3) is 0 Å². The summed E-state index contributed by atoms with van der Waals surface area (Å²) in [5, 5.41) is 22.8. The first-order valence-electron chi connectivity index (χ1n) is 5.01. The largest absolute Gasteiger partial charge is 0.396 e. The summed E-state index contributed by atoms with van der Waals surface area (Å²) in [4.78, 5) is 18.1. The lowest BCUT2D eigenvalue weighted by molar-refractivity contribution is -0.387. The molecule has 0 fully saturated rings. The number of aliphatic hydroxyl groups is 1. The molecular weight excluding hydrogens is 244 g/mol. The van der Waals surface area contributed by atoms with Crippen molar-refractivity contribution in [1.29, 1.82) is 0 Å². The zero-order chi connectivity index (χ0) is 12.8. The summed E-state index contributed by atoms with van der Waals surface area (Å²) in [6.45, 7) is 1.91. The predicted octanol–water partition coefficient (Wildman–Crippen LogP) is 1.15. The first-order valence-corrected chi connectivity index (χ1v) is 5.99. The summed E-state index contributed by atoms with van der Waals surface area (Å²) in [6.07, 6.45) is 1.28. The molecule has 1 aromatic rings. The molecular formula is C9H14N4O3S. The van der Waals surface area contributed by atoms with E-state index in [9.17, 15) is 10.1 Å². The average Bonchev–Trinajstić information content (AvgIpc) is 2.34. The highest BCUT2D eigenvalue weighted by Crippen LogP contribution is 2.32. The summed E-state index contributed by atoms with van der Waals surface area (Å²) < 4.78 is 0. The van der Waals surface area contributed by atoms with Crippen molar-refractivity contribution in [2.24, 2.45) is 5.92 Å². The Bertz CT molecular complexity index is 402. The summed E-state index contributed by atoms with van der Waals surface area (Å²) in [7, 11) is 1.57. The van der Waals surface area contributed by atoms with Gasteiger partial charge in [-0.25, -0.2) is 9.97 Å². The van der Waals surface area contributed by atoms with Gasteiger partial charge in [-0.15, -0.1) is 0 Å². The first kappa shape index (κ1) is 13.7. The van der Waals surface area contributed by atoms with Crippen molar-refractivity contribution in [1.82, 2.24) is 9.97 Å². The van der Waals surface area contributed by atoms with Crippen molar-refractivity contribution in [2.75, 3.05) is 24.7 Å². The zero-order valence-electron chi connectivity index (χ0n) is 9.58. The lowest BCUT2D eigenvalue weighted by Crippen LogP contribution is -2.06. The summed E-state index contributed by atoms with van der Waals surface area (Å²) >= 11 is 1.24. The van der Waals surface area contributed by atoms with Gasteiger partial charge in [0.15, 0.2) is 5.03 Å². The molecule has 0 aromatic carbocycles. The normalized spacial score (nSPS) is 12.2. The number of thioether (sulfide) groups is 1. The van der Waals surface area contributed by atoms with Crippen LogP contribution in [-0.4, -0.2) is 39.4 Å². The minimum Gasteiger partial charge on any atom is -0.396 e. The number of nitrogens with one attached hydrogen (secondary N) is 1. The minimum absolute atomic E-state index is 0.0464. The van der Waals surface area contributed by atoms with Crippen LogP contribution in [0.15, 0.2) is 11.4 Å². The molecule has 1 atom stereocenters. The SMILES string of the molecule is CNc1ncnc(SCC(C)CO)c1[N+](=O)[O-]. The Balaban J connectivity index is 2.94. The number of rotatable bonds is 6. The topological polar surface area (TPSA) is 101 Å². The standard InChI is InChI=1S/C9H14N4O3S/c1-6(3-14)4-17-9-7(13(15)16)8(10-2)11-5-12-9/h5-6,14H,3-4H2,1-2H3,(H,10,11,12). The fraction of sp³-hybridized carbons (Fsp3) is 0.556. The van der Waals surface area contributed by atoms with Gasteiger partial charge in [0.1, 0.15) is 6.33 Å². The van der Waals surface area contributed by atoms with Gasteiger partial charge >= 0.3 is 5.69 Å². The Morgan fingerprint density at radius 2 is 2.35 bits per heavy atom. The summed E-state index contributed by atoms with van der Waals surface area (Å²) in [5.41, 5.74) is -0.120. The first-order chi connectivity index (χ1) is 8.10. The highest BCUT2D eigenvalue weighted by atomic mass is 32.2. The van der Waals surface area contributed by atoms with E-state index in [1.807, 2.05) is 6.92 Å². The van der Waals surface area contributed by atoms with Crippen LogP contribution in [0.5, 0.6) is 0 Å². The number of nitrogens with zero attached hydrogens (tertiary/aromatic N) is 3. The molecule has 0 aliphatic rings. The number of hydrogen-bond acceptors (Lipinski definition) is 7. The minimum atomic E-state index is -0.502. The maximum atomic E-state index is 10.9. The number of aromatic nitrogens is 2. The van der Waals surface area contributed by atoms with Crippen LogP contribution in [0.25, 0.3) is 0 Å². The monoisotopic (exact) mass is 258 g/mol. The molecule has 1 heterocycles. The van der Waals surface area contributed by atoms with Gasteiger partial charge in [-0.2, -0.15) is 0 Å². The second kappa shape index (κ2) is 6.36. The Hall–Kier alpha value is -1.41. The van der Waals surface area contributed by atoms with Gasteiger partial charge in [0.2, 0.25) is 5.82 Å². The zero-order valence-corrected chi connectivity index (χ0v) is 10.4. The fourth-order valence-corrected chi connectivity index (χ4v) is 2.07. The molecule has 0 saturated carbocycles. The second-order valence-corrected chi connectivity index (χ2v) is 4.49. The Kier molecular flexibility index (Phi) is 5.11. The molecule has 0 saturated heterocycles. The lowest BCUT2D eigenvalue weighted by atomic mass is 10.2. The van der Waals surface area contributed by atoms with Crippen LogP contribution in [0.2, 0.25) is 0 Å². The van der Waals surface area contributed by atoms with E-state index in [0.29, 0.717) is 10.8 Å². The molecule has 2 N–H and O–H groups in total. The maximum Gasteiger partial charge on any atom is 0.343 e. The molecule has 17 heavy (non-hydrogen) atoms. The number of nitro groups is 1. The van der Waals surface area contributed by atoms with Crippen LogP contribution < -0.4 is 5.32 Å². The number of aliphatic hydroxyl groups excluding tert-OH is 1. The molecule has 1 aromatic heterocycles. The van der Waals surface area contributed by atoms with E-state index in [-0.39, 0.29) is 24.0 Å². The molecule has 0 bridgehead atoms. The second-order valence-electron chi connectivity index (χ2n) is 3.48. The van der Waals surface area contributed by atoms with Crippen molar-refractivity contribution in [2.45, 2.75) is 11.9 Å². The number of anilines is 1. The molecule has 1 unspecified atom stereocenters. The van der Waals surface area contributed by atoms with Crippen LogP contribution in [0, 0.1) is 16.0 Å². The van der Waals surface area contributed by atoms with Crippen molar-refractivity contribution < 1.29 is 10.0 Å². The Labute approximate surface area is 103 Å². The van der Waals surface area contributed by atoms with E-state index in [4.69, 9.17) is 5.11 Å². The van der Waals surface area contributed by atoms with E-state index < -0.39 is 4.92 Å². The van der Waals surface area contributed by atoms with Crippen LogP contribution >= 0.6 is 11.8 Å². The van der Waals surface area contributed by atoms with Gasteiger partial charge in [-0.05, 0) is 5.92 Å². The van der Waals surface area contributed by atoms with E-state index in [1.54, 1.807) is 7.05 Å². The van der Waals surface area contributed by atoms with Crippen LogP contribution in [0.4, 0.5) is 11.5 Å². The predicted molar refractivity (Wildman–Crippen MR) is 65.2 cm³/mol. The van der Waals surface area contributed by atoms with E-state index >= 15 is 0 Å². The van der Waals surface area contributed by atoms with Gasteiger partial charge in [-0.3, -0.25) is 10.1 Å². The molecule has 8 heteroatoms.